The summed E-state index contributed by atoms with van der Waals surface area (Å²) in [5.41, 5.74) is 2.52. The van der Waals surface area contributed by atoms with Crippen LogP contribution < -0.4 is 0 Å². The van der Waals surface area contributed by atoms with E-state index in [4.69, 9.17) is 4.74 Å². The van der Waals surface area contributed by atoms with Gasteiger partial charge >= 0.3 is 0 Å². The first-order chi connectivity index (χ1) is 7.74. The fourth-order valence-corrected chi connectivity index (χ4v) is 1.35. The molecule has 0 radical (unpaired) electrons. The molecule has 0 heterocycles. The lowest BCUT2D eigenvalue weighted by Gasteiger charge is -2.13. The fourth-order valence-electron chi connectivity index (χ4n) is 1.35. The summed E-state index contributed by atoms with van der Waals surface area (Å²) in [5.74, 6) is 0. The molecule has 0 saturated carbocycles. The molecular formula is C15H24O. The molecule has 0 aromatic heterocycles. The lowest BCUT2D eigenvalue weighted by Crippen LogP contribution is -2.01. The minimum absolute atomic E-state index is 0.176. The van der Waals surface area contributed by atoms with E-state index in [-0.39, 0.29) is 6.10 Å². The number of benzene rings is 1. The largest absolute Gasteiger partial charge is 0.374 e. The van der Waals surface area contributed by atoms with Gasteiger partial charge in [-0.05, 0) is 25.8 Å². The van der Waals surface area contributed by atoms with E-state index < -0.39 is 0 Å². The molecule has 0 aliphatic rings. The van der Waals surface area contributed by atoms with Gasteiger partial charge in [0, 0.05) is 0 Å². The molecule has 1 aromatic rings. The van der Waals surface area contributed by atoms with E-state index in [1.807, 2.05) is 19.9 Å². The predicted octanol–water partition coefficient (Wildman–Crippen LogP) is 4.67. The van der Waals surface area contributed by atoms with Crippen molar-refractivity contribution in [2.45, 2.75) is 40.2 Å². The van der Waals surface area contributed by atoms with Gasteiger partial charge in [0.1, 0.15) is 0 Å². The third-order valence-electron chi connectivity index (χ3n) is 2.20. The van der Waals surface area contributed by atoms with Gasteiger partial charge in [-0.1, -0.05) is 49.8 Å². The zero-order valence-electron chi connectivity index (χ0n) is 11.0. The molecule has 0 aliphatic heterocycles. The van der Waals surface area contributed by atoms with Crippen LogP contribution in [0.5, 0.6) is 0 Å². The molecule has 0 N–H and O–H groups in total. The third-order valence-corrected chi connectivity index (χ3v) is 2.20. The average Bonchev–Trinajstić information content (AvgIpc) is 2.32. The van der Waals surface area contributed by atoms with Crippen molar-refractivity contribution in [3.05, 3.63) is 48.0 Å². The average molecular weight is 220 g/mol. The SMILES string of the molecule is C=CCCOC(C)c1cccc(C)c1.CC. The van der Waals surface area contributed by atoms with Crippen LogP contribution in [-0.4, -0.2) is 6.61 Å². The summed E-state index contributed by atoms with van der Waals surface area (Å²) in [6.45, 7) is 12.6. The standard InChI is InChI=1S/C13H18O.C2H6/c1-4-5-9-14-12(3)13-8-6-7-11(2)10-13;1-2/h4,6-8,10,12H,1,5,9H2,2-3H3;1-2H3. The van der Waals surface area contributed by atoms with Gasteiger partial charge in [-0.2, -0.15) is 0 Å². The van der Waals surface area contributed by atoms with Gasteiger partial charge in [-0.15, -0.1) is 6.58 Å². The number of ether oxygens (including phenoxy) is 1. The molecule has 1 atom stereocenters. The number of hydrogen-bond acceptors (Lipinski definition) is 1. The monoisotopic (exact) mass is 220 g/mol. The van der Waals surface area contributed by atoms with Gasteiger partial charge in [0.15, 0.2) is 0 Å². The highest BCUT2D eigenvalue weighted by molar-refractivity contribution is 5.23. The summed E-state index contributed by atoms with van der Waals surface area (Å²) in [4.78, 5) is 0. The Morgan fingerprint density at radius 1 is 1.38 bits per heavy atom. The van der Waals surface area contributed by atoms with E-state index in [1.165, 1.54) is 11.1 Å². The highest BCUT2D eigenvalue weighted by Crippen LogP contribution is 2.17. The Labute approximate surface area is 100 Å². The number of hydrogen-bond donors (Lipinski definition) is 0. The van der Waals surface area contributed by atoms with E-state index in [1.54, 1.807) is 0 Å². The van der Waals surface area contributed by atoms with Crippen LogP contribution in [-0.2, 0) is 4.74 Å². The summed E-state index contributed by atoms with van der Waals surface area (Å²) < 4.78 is 5.65. The molecule has 0 fully saturated rings. The van der Waals surface area contributed by atoms with Crippen LogP contribution in [0.1, 0.15) is 44.4 Å². The van der Waals surface area contributed by atoms with Crippen molar-refractivity contribution in [3.63, 3.8) is 0 Å². The Balaban J connectivity index is 0.00000106. The Kier molecular flexibility index (Phi) is 8.55. The van der Waals surface area contributed by atoms with Gasteiger partial charge in [-0.3, -0.25) is 0 Å². The normalized spacial score (nSPS) is 11.2. The maximum atomic E-state index is 5.65. The highest BCUT2D eigenvalue weighted by atomic mass is 16.5. The van der Waals surface area contributed by atoms with E-state index in [0.717, 1.165) is 13.0 Å². The van der Waals surface area contributed by atoms with Gasteiger partial charge in [-0.25, -0.2) is 0 Å². The molecule has 1 heteroatoms. The van der Waals surface area contributed by atoms with E-state index in [2.05, 4.69) is 44.7 Å². The van der Waals surface area contributed by atoms with Crippen LogP contribution in [0.25, 0.3) is 0 Å². The van der Waals surface area contributed by atoms with Crippen molar-refractivity contribution in [2.24, 2.45) is 0 Å². The maximum absolute atomic E-state index is 5.65. The number of aryl methyl sites for hydroxylation is 1. The highest BCUT2D eigenvalue weighted by Gasteiger charge is 2.04. The van der Waals surface area contributed by atoms with E-state index in [0.29, 0.717) is 0 Å². The van der Waals surface area contributed by atoms with Crippen LogP contribution in [0.4, 0.5) is 0 Å². The smallest absolute Gasteiger partial charge is 0.0797 e. The first kappa shape index (κ1) is 14.9. The molecule has 1 aromatic carbocycles. The molecule has 16 heavy (non-hydrogen) atoms. The van der Waals surface area contributed by atoms with Crippen molar-refractivity contribution >= 4 is 0 Å². The fraction of sp³-hybridized carbons (Fsp3) is 0.467. The van der Waals surface area contributed by atoms with Crippen molar-refractivity contribution in [1.29, 1.82) is 0 Å². The molecule has 0 saturated heterocycles. The zero-order chi connectivity index (χ0) is 12.4. The minimum atomic E-state index is 0.176. The molecule has 90 valence electrons. The van der Waals surface area contributed by atoms with Crippen LogP contribution in [0.15, 0.2) is 36.9 Å². The first-order valence-electron chi connectivity index (χ1n) is 6.03. The summed E-state index contributed by atoms with van der Waals surface area (Å²) in [7, 11) is 0. The Bertz CT molecular complexity index is 291. The second-order valence-corrected chi connectivity index (χ2v) is 3.50. The quantitative estimate of drug-likeness (QED) is 0.517. The van der Waals surface area contributed by atoms with E-state index >= 15 is 0 Å². The topological polar surface area (TPSA) is 9.23 Å². The third kappa shape index (κ3) is 5.72. The van der Waals surface area contributed by atoms with Crippen molar-refractivity contribution in [2.75, 3.05) is 6.61 Å². The van der Waals surface area contributed by atoms with Gasteiger partial charge in [0.2, 0.25) is 0 Å². The molecular weight excluding hydrogens is 196 g/mol. The van der Waals surface area contributed by atoms with Crippen molar-refractivity contribution in [3.8, 4) is 0 Å². The summed E-state index contributed by atoms with van der Waals surface area (Å²) in [6.07, 6.45) is 2.97. The molecule has 1 nitrogen and oxygen atoms in total. The Morgan fingerprint density at radius 2 is 2.06 bits per heavy atom. The van der Waals surface area contributed by atoms with Crippen LogP contribution in [0, 0.1) is 6.92 Å². The maximum Gasteiger partial charge on any atom is 0.0797 e. The molecule has 0 spiro atoms. The summed E-state index contributed by atoms with van der Waals surface area (Å²) >= 11 is 0. The predicted molar refractivity (Wildman–Crippen MR) is 71.7 cm³/mol. The van der Waals surface area contributed by atoms with Crippen LogP contribution in [0.3, 0.4) is 0 Å². The van der Waals surface area contributed by atoms with Gasteiger partial charge in [0.05, 0.1) is 12.7 Å². The number of rotatable bonds is 5. The van der Waals surface area contributed by atoms with Crippen molar-refractivity contribution in [1.82, 2.24) is 0 Å². The summed E-state index contributed by atoms with van der Waals surface area (Å²) in [6, 6.07) is 8.43. The Morgan fingerprint density at radius 3 is 2.62 bits per heavy atom. The first-order valence-corrected chi connectivity index (χ1v) is 6.03. The van der Waals surface area contributed by atoms with Crippen molar-refractivity contribution < 1.29 is 4.74 Å². The van der Waals surface area contributed by atoms with Crippen LogP contribution >= 0.6 is 0 Å². The molecule has 0 aliphatic carbocycles. The zero-order valence-corrected chi connectivity index (χ0v) is 11.0. The molecule has 0 bridgehead atoms. The minimum Gasteiger partial charge on any atom is -0.374 e. The Hall–Kier alpha value is -1.08. The van der Waals surface area contributed by atoms with E-state index in [9.17, 15) is 0 Å². The molecule has 1 unspecified atom stereocenters. The molecule has 0 amide bonds. The second-order valence-electron chi connectivity index (χ2n) is 3.50. The summed E-state index contributed by atoms with van der Waals surface area (Å²) in [5, 5.41) is 0. The lowest BCUT2D eigenvalue weighted by molar-refractivity contribution is 0.0693. The molecule has 1 rings (SSSR count). The lowest BCUT2D eigenvalue weighted by atomic mass is 10.1. The second kappa shape index (κ2) is 9.17. The van der Waals surface area contributed by atoms with Gasteiger partial charge in [0.25, 0.3) is 0 Å². The van der Waals surface area contributed by atoms with Crippen LogP contribution in [0.2, 0.25) is 0 Å². The van der Waals surface area contributed by atoms with Gasteiger partial charge < -0.3 is 4.74 Å².